The topological polar surface area (TPSA) is 69.7 Å². The van der Waals surface area contributed by atoms with Crippen molar-refractivity contribution in [3.05, 3.63) is 34.3 Å². The predicted octanol–water partition coefficient (Wildman–Crippen LogP) is 2.62. The molecule has 0 bridgehead atoms. The Bertz CT molecular complexity index is 717. The van der Waals surface area contributed by atoms with E-state index in [2.05, 4.69) is 21.2 Å². The van der Waals surface area contributed by atoms with E-state index in [4.69, 9.17) is 0 Å². The highest BCUT2D eigenvalue weighted by atomic mass is 79.9. The van der Waals surface area contributed by atoms with Gasteiger partial charge >= 0.3 is 6.03 Å². The number of urea groups is 1. The fraction of sp³-hybridized carbons (Fsp3) is 0.500. The van der Waals surface area contributed by atoms with Crippen LogP contribution < -0.4 is 5.32 Å². The van der Waals surface area contributed by atoms with E-state index in [0.717, 1.165) is 28.6 Å². The smallest absolute Gasteiger partial charge is 0.326 e. The average molecular weight is 408 g/mol. The Morgan fingerprint density at radius 2 is 1.92 bits per heavy atom. The van der Waals surface area contributed by atoms with E-state index in [0.29, 0.717) is 18.7 Å². The second kappa shape index (κ2) is 6.78. The van der Waals surface area contributed by atoms with Gasteiger partial charge in [0.2, 0.25) is 5.91 Å². The summed E-state index contributed by atoms with van der Waals surface area (Å²) in [4.78, 5) is 41.1. The van der Waals surface area contributed by atoms with Crippen molar-refractivity contribution in [3.63, 3.8) is 0 Å². The first-order valence-corrected chi connectivity index (χ1v) is 9.34. The molecule has 0 saturated carbocycles. The fourth-order valence-electron chi connectivity index (χ4n) is 3.50. The van der Waals surface area contributed by atoms with E-state index in [1.807, 2.05) is 12.1 Å². The number of nitrogens with zero attached hydrogens (tertiary/aromatic N) is 2. The standard InChI is InChI=1S/C18H22BrN3O3/c1-12(15(23)21-9-4-3-5-10-21)22-16(24)18(2,20-17(22)25)13-7-6-8-14(19)11-13/h6-8,11-12H,3-5,9-10H2,1-2H3,(H,20,25)/t12-,18-/m0/s1. The quantitative estimate of drug-likeness (QED) is 0.782. The summed E-state index contributed by atoms with van der Waals surface area (Å²) in [6.45, 7) is 4.68. The molecule has 0 radical (unpaired) electrons. The Hall–Kier alpha value is -1.89. The maximum atomic E-state index is 13.0. The van der Waals surface area contributed by atoms with Crippen molar-refractivity contribution in [2.24, 2.45) is 0 Å². The van der Waals surface area contributed by atoms with Gasteiger partial charge in [-0.25, -0.2) is 9.69 Å². The molecule has 134 valence electrons. The summed E-state index contributed by atoms with van der Waals surface area (Å²) in [7, 11) is 0. The van der Waals surface area contributed by atoms with E-state index in [9.17, 15) is 14.4 Å². The molecule has 2 heterocycles. The summed E-state index contributed by atoms with van der Waals surface area (Å²) in [6.07, 6.45) is 3.05. The van der Waals surface area contributed by atoms with Crippen LogP contribution in [0, 0.1) is 0 Å². The molecule has 6 nitrogen and oxygen atoms in total. The summed E-state index contributed by atoms with van der Waals surface area (Å²) in [6, 6.07) is 5.94. The van der Waals surface area contributed by atoms with E-state index in [1.54, 1.807) is 30.9 Å². The third-order valence-electron chi connectivity index (χ3n) is 5.04. The molecule has 7 heteroatoms. The number of carbonyl (C=O) groups excluding carboxylic acids is 3. The number of rotatable bonds is 3. The Morgan fingerprint density at radius 1 is 1.24 bits per heavy atom. The van der Waals surface area contributed by atoms with Gasteiger partial charge < -0.3 is 10.2 Å². The van der Waals surface area contributed by atoms with Crippen LogP contribution in [0.5, 0.6) is 0 Å². The lowest BCUT2D eigenvalue weighted by atomic mass is 9.92. The molecule has 0 unspecified atom stereocenters. The number of piperidine rings is 1. The lowest BCUT2D eigenvalue weighted by molar-refractivity contribution is -0.143. The maximum absolute atomic E-state index is 13.0. The molecule has 1 aromatic rings. The van der Waals surface area contributed by atoms with Crippen molar-refractivity contribution < 1.29 is 14.4 Å². The molecule has 2 fully saturated rings. The molecule has 0 aliphatic carbocycles. The number of halogens is 1. The van der Waals surface area contributed by atoms with Crippen LogP contribution in [-0.4, -0.2) is 46.8 Å². The van der Waals surface area contributed by atoms with Gasteiger partial charge in [-0.15, -0.1) is 0 Å². The van der Waals surface area contributed by atoms with Gasteiger partial charge in [0.1, 0.15) is 11.6 Å². The summed E-state index contributed by atoms with van der Waals surface area (Å²) >= 11 is 3.39. The average Bonchev–Trinajstić information content (AvgIpc) is 2.84. The van der Waals surface area contributed by atoms with Gasteiger partial charge in [0.05, 0.1) is 0 Å². The molecule has 4 amide bonds. The van der Waals surface area contributed by atoms with Crippen molar-refractivity contribution in [1.29, 1.82) is 0 Å². The second-order valence-corrected chi connectivity index (χ2v) is 7.72. The summed E-state index contributed by atoms with van der Waals surface area (Å²) in [5, 5.41) is 2.76. The molecular weight excluding hydrogens is 386 g/mol. The molecular formula is C18H22BrN3O3. The Morgan fingerprint density at radius 3 is 2.56 bits per heavy atom. The number of hydrogen-bond acceptors (Lipinski definition) is 3. The highest BCUT2D eigenvalue weighted by Gasteiger charge is 2.52. The predicted molar refractivity (Wildman–Crippen MR) is 96.8 cm³/mol. The van der Waals surface area contributed by atoms with Crippen molar-refractivity contribution in [3.8, 4) is 0 Å². The zero-order valence-electron chi connectivity index (χ0n) is 14.4. The number of nitrogens with one attached hydrogen (secondary N) is 1. The molecule has 1 aromatic carbocycles. The first kappa shape index (κ1) is 17.9. The van der Waals surface area contributed by atoms with Crippen molar-refractivity contribution >= 4 is 33.8 Å². The largest absolute Gasteiger partial charge is 0.341 e. The first-order valence-electron chi connectivity index (χ1n) is 8.55. The number of carbonyl (C=O) groups is 3. The van der Waals surface area contributed by atoms with Crippen molar-refractivity contribution in [1.82, 2.24) is 15.1 Å². The first-order chi connectivity index (χ1) is 11.8. The minimum absolute atomic E-state index is 0.165. The van der Waals surface area contributed by atoms with Gasteiger partial charge in [-0.3, -0.25) is 9.59 Å². The van der Waals surface area contributed by atoms with Crippen LogP contribution in [0.25, 0.3) is 0 Å². The zero-order valence-corrected chi connectivity index (χ0v) is 16.0. The van der Waals surface area contributed by atoms with Crippen LogP contribution in [0.4, 0.5) is 4.79 Å². The molecule has 2 aliphatic rings. The molecule has 3 rings (SSSR count). The van der Waals surface area contributed by atoms with Gasteiger partial charge in [-0.05, 0) is 50.8 Å². The van der Waals surface area contributed by atoms with E-state index in [-0.39, 0.29) is 5.91 Å². The zero-order chi connectivity index (χ0) is 18.2. The summed E-state index contributed by atoms with van der Waals surface area (Å²) < 4.78 is 0.823. The monoisotopic (exact) mass is 407 g/mol. The normalized spacial score (nSPS) is 25.1. The number of likely N-dealkylation sites (tertiary alicyclic amines) is 1. The van der Waals surface area contributed by atoms with Crippen molar-refractivity contribution in [2.75, 3.05) is 13.1 Å². The number of benzene rings is 1. The van der Waals surface area contributed by atoms with E-state index >= 15 is 0 Å². The van der Waals surface area contributed by atoms with Gasteiger partial charge in [0.25, 0.3) is 5.91 Å². The Balaban J connectivity index is 1.84. The second-order valence-electron chi connectivity index (χ2n) is 6.80. The molecule has 0 aromatic heterocycles. The molecule has 25 heavy (non-hydrogen) atoms. The van der Waals surface area contributed by atoms with Gasteiger partial charge in [-0.1, -0.05) is 28.1 Å². The fourth-order valence-corrected chi connectivity index (χ4v) is 3.90. The Labute approximate surface area is 155 Å². The third kappa shape index (κ3) is 3.17. The van der Waals surface area contributed by atoms with Crippen LogP contribution in [0.3, 0.4) is 0 Å². The lowest BCUT2D eigenvalue weighted by Gasteiger charge is -2.32. The number of imide groups is 1. The van der Waals surface area contributed by atoms with Crippen LogP contribution in [0.2, 0.25) is 0 Å². The van der Waals surface area contributed by atoms with Crippen LogP contribution in [0.15, 0.2) is 28.7 Å². The molecule has 1 N–H and O–H groups in total. The highest BCUT2D eigenvalue weighted by molar-refractivity contribution is 9.10. The van der Waals surface area contributed by atoms with Crippen molar-refractivity contribution in [2.45, 2.75) is 44.7 Å². The number of amides is 4. The van der Waals surface area contributed by atoms with Crippen LogP contribution >= 0.6 is 15.9 Å². The molecule has 2 saturated heterocycles. The summed E-state index contributed by atoms with van der Waals surface area (Å²) in [5.74, 6) is -0.560. The van der Waals surface area contributed by atoms with Gasteiger partial charge in [0, 0.05) is 17.6 Å². The lowest BCUT2D eigenvalue weighted by Crippen LogP contribution is -2.51. The third-order valence-corrected chi connectivity index (χ3v) is 5.53. The molecule has 2 aliphatic heterocycles. The summed E-state index contributed by atoms with van der Waals surface area (Å²) in [5.41, 5.74) is -0.488. The molecule has 0 spiro atoms. The van der Waals surface area contributed by atoms with Gasteiger partial charge in [0.15, 0.2) is 0 Å². The number of hydrogen-bond donors (Lipinski definition) is 1. The Kier molecular flexibility index (Phi) is 4.86. The SMILES string of the molecule is C[C@@H](C(=O)N1CCCCC1)N1C(=O)N[C@@](C)(c2cccc(Br)c2)C1=O. The minimum atomic E-state index is -1.17. The van der Waals surface area contributed by atoms with Gasteiger partial charge in [-0.2, -0.15) is 0 Å². The highest BCUT2D eigenvalue weighted by Crippen LogP contribution is 2.31. The van der Waals surface area contributed by atoms with E-state index < -0.39 is 23.5 Å². The minimum Gasteiger partial charge on any atom is -0.341 e. The van der Waals surface area contributed by atoms with Crippen LogP contribution in [-0.2, 0) is 15.1 Å². The van der Waals surface area contributed by atoms with Crippen LogP contribution in [0.1, 0.15) is 38.7 Å². The van der Waals surface area contributed by atoms with E-state index in [1.165, 1.54) is 0 Å². The maximum Gasteiger partial charge on any atom is 0.326 e. The molecule has 2 atom stereocenters.